The van der Waals surface area contributed by atoms with E-state index in [1.54, 1.807) is 22.7 Å². The van der Waals surface area contributed by atoms with Crippen molar-refractivity contribution in [3.05, 3.63) is 32.8 Å². The molecular formula is C19H22N4OS3. The first-order chi connectivity index (χ1) is 13.0. The number of anilines is 1. The summed E-state index contributed by atoms with van der Waals surface area (Å²) in [5.41, 5.74) is 7.61. The van der Waals surface area contributed by atoms with Crippen LogP contribution in [0.3, 0.4) is 0 Å². The Hall–Kier alpha value is -1.64. The summed E-state index contributed by atoms with van der Waals surface area (Å²) in [4.78, 5) is 25.1. The molecule has 0 aliphatic heterocycles. The van der Waals surface area contributed by atoms with Crippen LogP contribution in [0.15, 0.2) is 22.7 Å². The van der Waals surface area contributed by atoms with Gasteiger partial charge in [0.25, 0.3) is 0 Å². The Bertz CT molecular complexity index is 967. The fourth-order valence-corrected chi connectivity index (χ4v) is 6.24. The number of rotatable bonds is 5. The van der Waals surface area contributed by atoms with Gasteiger partial charge in [-0.05, 0) is 49.1 Å². The molecule has 4 rings (SSSR count). The molecule has 3 aromatic rings. The van der Waals surface area contributed by atoms with Gasteiger partial charge >= 0.3 is 0 Å². The Morgan fingerprint density at radius 3 is 3.11 bits per heavy atom. The highest BCUT2D eigenvalue weighted by atomic mass is 32.2. The molecule has 1 aliphatic carbocycles. The van der Waals surface area contributed by atoms with Crippen molar-refractivity contribution in [3.63, 3.8) is 0 Å². The maximum atomic E-state index is 12.4. The fourth-order valence-electron chi connectivity index (χ4n) is 3.35. The second-order valence-corrected chi connectivity index (χ2v) is 10.4. The molecule has 1 aliphatic rings. The third-order valence-electron chi connectivity index (χ3n) is 4.83. The number of amides is 1. The highest BCUT2D eigenvalue weighted by Crippen LogP contribution is 2.40. The van der Waals surface area contributed by atoms with E-state index in [4.69, 9.17) is 10.7 Å². The molecule has 1 amide bonds. The van der Waals surface area contributed by atoms with E-state index in [0.29, 0.717) is 23.4 Å². The lowest BCUT2D eigenvalue weighted by Crippen LogP contribution is -2.30. The Morgan fingerprint density at radius 2 is 2.33 bits per heavy atom. The standard InChI is InChI=1S/C19H22N4OS3/c1-10-5-6-13-14(8-10)27-18-15(13)16(20)22-19(23-18)26-11(2)17(24)21-9-12-4-3-7-25-12/h3-4,7,10-11H,5-6,8-9H2,1-2H3,(H,21,24)(H2,20,22,23). The maximum absolute atomic E-state index is 12.4. The van der Waals surface area contributed by atoms with E-state index >= 15 is 0 Å². The molecule has 0 fully saturated rings. The molecule has 0 saturated carbocycles. The molecule has 2 atom stereocenters. The van der Waals surface area contributed by atoms with Crippen LogP contribution in [-0.4, -0.2) is 21.1 Å². The maximum Gasteiger partial charge on any atom is 0.233 e. The number of aryl methyl sites for hydroxylation is 1. The Labute approximate surface area is 170 Å². The van der Waals surface area contributed by atoms with Crippen LogP contribution in [0.25, 0.3) is 10.2 Å². The molecule has 27 heavy (non-hydrogen) atoms. The molecule has 142 valence electrons. The molecule has 0 radical (unpaired) electrons. The van der Waals surface area contributed by atoms with Crippen LogP contribution in [0.2, 0.25) is 0 Å². The lowest BCUT2D eigenvalue weighted by atomic mass is 9.89. The van der Waals surface area contributed by atoms with Crippen molar-refractivity contribution < 1.29 is 4.79 Å². The van der Waals surface area contributed by atoms with E-state index in [-0.39, 0.29) is 11.2 Å². The lowest BCUT2D eigenvalue weighted by molar-refractivity contribution is -0.120. The van der Waals surface area contributed by atoms with Crippen molar-refractivity contribution in [3.8, 4) is 0 Å². The van der Waals surface area contributed by atoms with E-state index < -0.39 is 0 Å². The molecule has 0 bridgehead atoms. The van der Waals surface area contributed by atoms with Crippen LogP contribution < -0.4 is 11.1 Å². The van der Waals surface area contributed by atoms with Gasteiger partial charge in [-0.25, -0.2) is 9.97 Å². The molecule has 0 spiro atoms. The van der Waals surface area contributed by atoms with Gasteiger partial charge in [0.2, 0.25) is 5.91 Å². The van der Waals surface area contributed by atoms with Crippen LogP contribution in [-0.2, 0) is 24.2 Å². The number of carbonyl (C=O) groups excluding carboxylic acids is 1. The predicted octanol–water partition coefficient (Wildman–Crippen LogP) is 4.26. The van der Waals surface area contributed by atoms with Crippen molar-refractivity contribution in [2.45, 2.75) is 50.1 Å². The van der Waals surface area contributed by atoms with Gasteiger partial charge in [-0.2, -0.15) is 0 Å². The van der Waals surface area contributed by atoms with E-state index in [1.165, 1.54) is 28.6 Å². The zero-order valence-corrected chi connectivity index (χ0v) is 17.8. The van der Waals surface area contributed by atoms with Gasteiger partial charge in [0.15, 0.2) is 5.16 Å². The summed E-state index contributed by atoms with van der Waals surface area (Å²) in [5, 5.41) is 6.30. The van der Waals surface area contributed by atoms with Crippen molar-refractivity contribution >= 4 is 56.4 Å². The van der Waals surface area contributed by atoms with Gasteiger partial charge in [0.05, 0.1) is 17.2 Å². The van der Waals surface area contributed by atoms with Crippen molar-refractivity contribution in [1.82, 2.24) is 15.3 Å². The highest BCUT2D eigenvalue weighted by Gasteiger charge is 2.24. The number of aromatic nitrogens is 2. The summed E-state index contributed by atoms with van der Waals surface area (Å²) < 4.78 is 0. The van der Waals surface area contributed by atoms with Crippen molar-refractivity contribution in [2.24, 2.45) is 5.92 Å². The normalized spacial score (nSPS) is 17.6. The predicted molar refractivity (Wildman–Crippen MR) is 115 cm³/mol. The minimum absolute atomic E-state index is 0.0185. The van der Waals surface area contributed by atoms with Gasteiger partial charge in [-0.3, -0.25) is 4.79 Å². The molecular weight excluding hydrogens is 396 g/mol. The topological polar surface area (TPSA) is 80.9 Å². The van der Waals surface area contributed by atoms with Crippen LogP contribution >= 0.6 is 34.4 Å². The van der Waals surface area contributed by atoms with Gasteiger partial charge in [0.1, 0.15) is 10.6 Å². The lowest BCUT2D eigenvalue weighted by Gasteiger charge is -2.17. The molecule has 0 aromatic carbocycles. The minimum atomic E-state index is -0.281. The number of nitrogens with zero attached hydrogens (tertiary/aromatic N) is 2. The average Bonchev–Trinajstić information content (AvgIpc) is 3.26. The first-order valence-electron chi connectivity index (χ1n) is 9.05. The monoisotopic (exact) mass is 418 g/mol. The van der Waals surface area contributed by atoms with Gasteiger partial charge in [-0.1, -0.05) is 24.8 Å². The third-order valence-corrected chi connectivity index (χ3v) is 7.82. The molecule has 3 heterocycles. The second kappa shape index (κ2) is 7.77. The first kappa shape index (κ1) is 18.7. The van der Waals surface area contributed by atoms with Crippen LogP contribution in [0.1, 0.15) is 35.6 Å². The number of thioether (sulfide) groups is 1. The van der Waals surface area contributed by atoms with Gasteiger partial charge in [0, 0.05) is 9.75 Å². The number of hydrogen-bond acceptors (Lipinski definition) is 7. The Morgan fingerprint density at radius 1 is 1.48 bits per heavy atom. The van der Waals surface area contributed by atoms with Crippen LogP contribution in [0.4, 0.5) is 5.82 Å². The third kappa shape index (κ3) is 3.97. The SMILES string of the molecule is CC1CCc2c(sc3nc(SC(C)C(=O)NCc4cccs4)nc(N)c23)C1. The van der Waals surface area contributed by atoms with Gasteiger partial charge in [-0.15, -0.1) is 22.7 Å². The summed E-state index contributed by atoms with van der Waals surface area (Å²) in [7, 11) is 0. The van der Waals surface area contributed by atoms with Crippen molar-refractivity contribution in [1.29, 1.82) is 0 Å². The number of nitrogens with one attached hydrogen (secondary N) is 1. The fraction of sp³-hybridized carbons (Fsp3) is 0.421. The van der Waals surface area contributed by atoms with E-state index in [0.717, 1.165) is 27.9 Å². The molecule has 8 heteroatoms. The number of hydrogen-bond donors (Lipinski definition) is 2. The van der Waals surface area contributed by atoms with E-state index in [1.807, 2.05) is 24.4 Å². The second-order valence-electron chi connectivity index (χ2n) is 6.98. The highest BCUT2D eigenvalue weighted by molar-refractivity contribution is 8.00. The van der Waals surface area contributed by atoms with Crippen molar-refractivity contribution in [2.75, 3.05) is 5.73 Å². The quantitative estimate of drug-likeness (QED) is 0.478. The zero-order valence-electron chi connectivity index (χ0n) is 15.3. The first-order valence-corrected chi connectivity index (χ1v) is 11.6. The molecule has 2 unspecified atom stereocenters. The zero-order chi connectivity index (χ0) is 19.0. The van der Waals surface area contributed by atoms with E-state index in [9.17, 15) is 4.79 Å². The van der Waals surface area contributed by atoms with Crippen LogP contribution in [0, 0.1) is 5.92 Å². The number of carbonyl (C=O) groups is 1. The number of fused-ring (bicyclic) bond motifs is 3. The van der Waals surface area contributed by atoms with Crippen LogP contribution in [0.5, 0.6) is 0 Å². The Balaban J connectivity index is 1.49. The Kier molecular flexibility index (Phi) is 5.39. The molecule has 3 aromatic heterocycles. The van der Waals surface area contributed by atoms with E-state index in [2.05, 4.69) is 17.2 Å². The number of thiophene rings is 2. The molecule has 0 saturated heterocycles. The number of nitrogens with two attached hydrogens (primary N) is 1. The largest absolute Gasteiger partial charge is 0.383 e. The summed E-state index contributed by atoms with van der Waals surface area (Å²) in [6.45, 7) is 4.72. The minimum Gasteiger partial charge on any atom is -0.383 e. The molecule has 3 N–H and O–H groups in total. The summed E-state index contributed by atoms with van der Waals surface area (Å²) in [6.07, 6.45) is 3.34. The summed E-state index contributed by atoms with van der Waals surface area (Å²) in [6, 6.07) is 4.00. The molecule has 5 nitrogen and oxygen atoms in total. The summed E-state index contributed by atoms with van der Waals surface area (Å²) in [5.74, 6) is 1.23. The average molecular weight is 419 g/mol. The smallest absolute Gasteiger partial charge is 0.233 e. The van der Waals surface area contributed by atoms with Gasteiger partial charge < -0.3 is 11.1 Å². The summed E-state index contributed by atoms with van der Waals surface area (Å²) >= 11 is 4.73. The number of nitrogen functional groups attached to an aromatic ring is 1.